The van der Waals surface area contributed by atoms with Gasteiger partial charge < -0.3 is 9.47 Å². The minimum Gasteiger partial charge on any atom is -0.469 e. The molecule has 2 bridgehead atoms. The van der Waals surface area contributed by atoms with Crippen molar-refractivity contribution in [2.75, 3.05) is 7.11 Å². The molecule has 0 spiro atoms. The van der Waals surface area contributed by atoms with E-state index in [9.17, 15) is 13.2 Å². The Morgan fingerprint density at radius 2 is 1.96 bits per heavy atom. The highest BCUT2D eigenvalue weighted by molar-refractivity contribution is 7.89. The van der Waals surface area contributed by atoms with E-state index in [1.165, 1.54) is 7.11 Å². The number of nitrogens with one attached hydrogen (secondary N) is 1. The van der Waals surface area contributed by atoms with Crippen LogP contribution in [0.4, 0.5) is 0 Å². The van der Waals surface area contributed by atoms with Crippen molar-refractivity contribution in [3.05, 3.63) is 42.5 Å². The molecule has 27 heavy (non-hydrogen) atoms. The Kier molecular flexibility index (Phi) is 6.68. The van der Waals surface area contributed by atoms with Gasteiger partial charge in [0.1, 0.15) is 0 Å². The van der Waals surface area contributed by atoms with Gasteiger partial charge in [-0.1, -0.05) is 30.4 Å². The van der Waals surface area contributed by atoms with Crippen LogP contribution in [-0.2, 0) is 24.3 Å². The Labute approximate surface area is 161 Å². The summed E-state index contributed by atoms with van der Waals surface area (Å²) in [5.41, 5.74) is 0. The summed E-state index contributed by atoms with van der Waals surface area (Å²) >= 11 is 0. The number of hydrogen-bond donors (Lipinski definition) is 1. The monoisotopic (exact) mass is 393 g/mol. The van der Waals surface area contributed by atoms with Crippen LogP contribution in [0.5, 0.6) is 0 Å². The van der Waals surface area contributed by atoms with Gasteiger partial charge in [0, 0.05) is 12.3 Å². The molecule has 2 heterocycles. The molecule has 4 unspecified atom stereocenters. The van der Waals surface area contributed by atoms with Crippen LogP contribution in [0.15, 0.2) is 47.4 Å². The fourth-order valence-corrected chi connectivity index (χ4v) is 5.26. The number of rotatable bonds is 9. The average Bonchev–Trinajstić information content (AvgIpc) is 3.27. The maximum atomic E-state index is 12.7. The zero-order chi connectivity index (χ0) is 19.3. The highest BCUT2D eigenvalue weighted by atomic mass is 32.2. The van der Waals surface area contributed by atoms with Gasteiger partial charge in [0.25, 0.3) is 0 Å². The number of benzene rings is 1. The molecule has 2 aliphatic rings. The Morgan fingerprint density at radius 1 is 1.22 bits per heavy atom. The smallest absolute Gasteiger partial charge is 0.305 e. The number of unbranched alkanes of at least 4 members (excludes halogenated alkanes) is 1. The lowest BCUT2D eigenvalue weighted by molar-refractivity contribution is -0.140. The molecule has 3 rings (SSSR count). The molecule has 2 fully saturated rings. The Balaban J connectivity index is 1.57. The summed E-state index contributed by atoms with van der Waals surface area (Å²) in [4.78, 5) is 11.4. The van der Waals surface area contributed by atoms with Gasteiger partial charge in [-0.15, -0.1) is 0 Å². The third-order valence-electron chi connectivity index (χ3n) is 5.32. The van der Waals surface area contributed by atoms with Crippen LogP contribution in [0.25, 0.3) is 0 Å². The molecular weight excluding hydrogens is 366 g/mol. The van der Waals surface area contributed by atoms with Crippen molar-refractivity contribution in [3.8, 4) is 0 Å². The topological polar surface area (TPSA) is 81.7 Å². The molecular formula is C20H27NO5S. The molecule has 0 amide bonds. The zero-order valence-electron chi connectivity index (χ0n) is 15.5. The van der Waals surface area contributed by atoms with Crippen molar-refractivity contribution in [1.29, 1.82) is 0 Å². The van der Waals surface area contributed by atoms with Crippen molar-refractivity contribution in [2.24, 2.45) is 5.92 Å². The zero-order valence-corrected chi connectivity index (χ0v) is 16.4. The van der Waals surface area contributed by atoms with Crippen molar-refractivity contribution >= 4 is 16.0 Å². The maximum Gasteiger partial charge on any atom is 0.305 e. The number of carbonyl (C=O) groups excluding carboxylic acids is 1. The number of esters is 1. The number of carbonyl (C=O) groups is 1. The van der Waals surface area contributed by atoms with Gasteiger partial charge in [-0.2, -0.15) is 0 Å². The summed E-state index contributed by atoms with van der Waals surface area (Å²) in [5, 5.41) is 0. The molecule has 1 aromatic rings. The summed E-state index contributed by atoms with van der Waals surface area (Å²) in [5.74, 6) is -0.0561. The van der Waals surface area contributed by atoms with Gasteiger partial charge >= 0.3 is 5.97 Å². The third kappa shape index (κ3) is 4.97. The van der Waals surface area contributed by atoms with E-state index in [0.29, 0.717) is 6.42 Å². The minimum absolute atomic E-state index is 0.0498. The van der Waals surface area contributed by atoms with E-state index in [2.05, 4.69) is 21.6 Å². The van der Waals surface area contributed by atoms with Gasteiger partial charge in [0.2, 0.25) is 10.0 Å². The number of allylic oxidation sites excluding steroid dienone is 2. The van der Waals surface area contributed by atoms with Crippen molar-refractivity contribution in [3.63, 3.8) is 0 Å². The van der Waals surface area contributed by atoms with Gasteiger partial charge in [-0.25, -0.2) is 13.1 Å². The fourth-order valence-electron chi connectivity index (χ4n) is 3.92. The van der Waals surface area contributed by atoms with E-state index >= 15 is 0 Å². The van der Waals surface area contributed by atoms with Crippen LogP contribution < -0.4 is 4.72 Å². The SMILES string of the molecule is COC(=O)CCCC=CCC1C2CCC(O2)C1NS(=O)(=O)c1ccccc1. The summed E-state index contributed by atoms with van der Waals surface area (Å²) < 4.78 is 38.9. The Bertz CT molecular complexity index is 762. The molecule has 1 aromatic carbocycles. The third-order valence-corrected chi connectivity index (χ3v) is 6.80. The first-order chi connectivity index (χ1) is 13.0. The number of methoxy groups -OCH3 is 1. The summed E-state index contributed by atoms with van der Waals surface area (Å²) in [7, 11) is -2.16. The quantitative estimate of drug-likeness (QED) is 0.396. The van der Waals surface area contributed by atoms with E-state index in [0.717, 1.165) is 32.1 Å². The van der Waals surface area contributed by atoms with Gasteiger partial charge in [-0.05, 0) is 44.2 Å². The van der Waals surface area contributed by atoms with Crippen LogP contribution in [-0.4, -0.2) is 39.7 Å². The number of fused-ring (bicyclic) bond motifs is 2. The van der Waals surface area contributed by atoms with E-state index in [1.807, 2.05) is 0 Å². The lowest BCUT2D eigenvalue weighted by Crippen LogP contribution is -2.46. The van der Waals surface area contributed by atoms with E-state index in [-0.39, 0.29) is 35.0 Å². The maximum absolute atomic E-state index is 12.7. The summed E-state index contributed by atoms with van der Waals surface area (Å²) in [6, 6.07) is 8.25. The minimum atomic E-state index is -3.56. The molecule has 2 aliphatic heterocycles. The second-order valence-electron chi connectivity index (χ2n) is 7.09. The normalized spacial score (nSPS) is 27.3. The predicted octanol–water partition coefficient (Wildman–Crippen LogP) is 2.80. The lowest BCUT2D eigenvalue weighted by atomic mass is 9.83. The molecule has 0 saturated carbocycles. The second-order valence-corrected chi connectivity index (χ2v) is 8.80. The summed E-state index contributed by atoms with van der Waals surface area (Å²) in [6.07, 6.45) is 8.80. The van der Waals surface area contributed by atoms with Crippen LogP contribution in [0.3, 0.4) is 0 Å². The first-order valence-electron chi connectivity index (χ1n) is 9.46. The van der Waals surface area contributed by atoms with E-state index < -0.39 is 10.0 Å². The molecule has 1 N–H and O–H groups in total. The molecule has 0 aliphatic carbocycles. The Morgan fingerprint density at radius 3 is 2.70 bits per heavy atom. The van der Waals surface area contributed by atoms with Crippen LogP contribution in [0, 0.1) is 5.92 Å². The van der Waals surface area contributed by atoms with Crippen LogP contribution >= 0.6 is 0 Å². The number of sulfonamides is 1. The molecule has 6 nitrogen and oxygen atoms in total. The van der Waals surface area contributed by atoms with Crippen molar-refractivity contribution in [1.82, 2.24) is 4.72 Å². The molecule has 0 aromatic heterocycles. The molecule has 7 heteroatoms. The standard InChI is InChI=1S/C20H27NO5S/c1-25-19(22)12-8-3-2-7-11-16-17-13-14-18(26-17)20(16)21-27(23,24)15-9-5-4-6-10-15/h2,4-7,9-10,16-18,20-21H,3,8,11-14H2,1H3. The fraction of sp³-hybridized carbons (Fsp3) is 0.550. The van der Waals surface area contributed by atoms with Crippen molar-refractivity contribution in [2.45, 2.75) is 61.7 Å². The summed E-state index contributed by atoms with van der Waals surface area (Å²) in [6.45, 7) is 0. The first kappa shape index (κ1) is 20.0. The number of hydrogen-bond acceptors (Lipinski definition) is 5. The average molecular weight is 394 g/mol. The largest absolute Gasteiger partial charge is 0.469 e. The number of ether oxygens (including phenoxy) is 2. The molecule has 0 radical (unpaired) electrons. The highest BCUT2D eigenvalue weighted by Gasteiger charge is 2.49. The first-order valence-corrected chi connectivity index (χ1v) is 10.9. The Hall–Kier alpha value is -1.70. The van der Waals surface area contributed by atoms with Gasteiger partial charge in [0.15, 0.2) is 0 Å². The van der Waals surface area contributed by atoms with Gasteiger partial charge in [0.05, 0.1) is 30.3 Å². The lowest BCUT2D eigenvalue weighted by Gasteiger charge is -2.27. The van der Waals surface area contributed by atoms with E-state index in [4.69, 9.17) is 4.74 Å². The van der Waals surface area contributed by atoms with Crippen LogP contribution in [0.2, 0.25) is 0 Å². The molecule has 2 saturated heterocycles. The molecule has 4 atom stereocenters. The molecule has 148 valence electrons. The highest BCUT2D eigenvalue weighted by Crippen LogP contribution is 2.41. The van der Waals surface area contributed by atoms with Gasteiger partial charge in [-0.3, -0.25) is 4.79 Å². The predicted molar refractivity (Wildman–Crippen MR) is 102 cm³/mol. The van der Waals surface area contributed by atoms with E-state index in [1.54, 1.807) is 30.3 Å². The second kappa shape index (κ2) is 8.99. The van der Waals surface area contributed by atoms with Crippen molar-refractivity contribution < 1.29 is 22.7 Å². The van der Waals surface area contributed by atoms with Crippen LogP contribution in [0.1, 0.15) is 38.5 Å².